The maximum Gasteiger partial charge on any atom is 0.147 e. The second-order valence-corrected chi connectivity index (χ2v) is 2.61. The Morgan fingerprint density at radius 1 is 1.00 bits per heavy atom. The van der Waals surface area contributed by atoms with Gasteiger partial charge in [0.25, 0.3) is 0 Å². The molecular formula is C3H9BO8. The zero-order valence-electron chi connectivity index (χ0n) is 6.80. The molecule has 12 heavy (non-hydrogen) atoms. The summed E-state index contributed by atoms with van der Waals surface area (Å²) in [5.74, 6) is 0. The molecule has 0 aromatic carbocycles. The lowest BCUT2D eigenvalue weighted by Gasteiger charge is -2.14. The summed E-state index contributed by atoms with van der Waals surface area (Å²) >= 11 is 0. The van der Waals surface area contributed by atoms with Crippen LogP contribution < -0.4 is 0 Å². The Morgan fingerprint density at radius 3 is 2.00 bits per heavy atom. The van der Waals surface area contributed by atoms with E-state index in [1.165, 1.54) is 0 Å². The molecule has 0 bridgehead atoms. The van der Waals surface area contributed by atoms with Gasteiger partial charge in [-0.25, -0.2) is 10.1 Å². The molecule has 0 aromatic rings. The van der Waals surface area contributed by atoms with Gasteiger partial charge in [-0.1, -0.05) is 0 Å². The first-order chi connectivity index (χ1) is 5.56. The molecule has 0 atom stereocenters. The molecule has 0 fully saturated rings. The highest BCUT2D eigenvalue weighted by Gasteiger charge is 2.12. The first-order valence-corrected chi connectivity index (χ1v) is 2.89. The van der Waals surface area contributed by atoms with Crippen LogP contribution in [0.2, 0.25) is 0 Å². The van der Waals surface area contributed by atoms with E-state index in [2.05, 4.69) is 35.1 Å². The Bertz CT molecular complexity index is 101. The predicted molar refractivity (Wildman–Crippen MR) is 32.8 cm³/mol. The highest BCUT2D eigenvalue weighted by atomic mass is 17.9. The minimum Gasteiger partial charge on any atom is -0.219 e. The molecule has 0 aliphatic rings. The fraction of sp³-hybridized carbons (Fsp3) is 1.00. The van der Waals surface area contributed by atoms with Gasteiger partial charge in [0.1, 0.15) is 7.85 Å². The molecule has 0 saturated carbocycles. The molecule has 0 aromatic heterocycles. The van der Waals surface area contributed by atoms with Gasteiger partial charge in [-0.05, 0) is 44.1 Å². The maximum atomic E-state index is 7.50. The number of hydrogen-bond donors (Lipinski definition) is 1. The third-order valence-corrected chi connectivity index (χ3v) is 0.426. The first-order valence-electron chi connectivity index (χ1n) is 2.89. The fourth-order valence-corrected chi connectivity index (χ4v) is 0.162. The second kappa shape index (κ2) is 6.28. The molecule has 0 heterocycles. The molecule has 9 heteroatoms. The van der Waals surface area contributed by atoms with Crippen molar-refractivity contribution in [3.05, 3.63) is 0 Å². The molecule has 72 valence electrons. The van der Waals surface area contributed by atoms with E-state index < -0.39 is 5.50 Å². The first kappa shape index (κ1) is 11.7. The van der Waals surface area contributed by atoms with Crippen LogP contribution in [-0.2, 0) is 35.1 Å². The van der Waals surface area contributed by atoms with Gasteiger partial charge < -0.3 is 0 Å². The third-order valence-electron chi connectivity index (χ3n) is 0.426. The molecule has 0 spiro atoms. The van der Waals surface area contributed by atoms with Crippen LogP contribution in [0.5, 0.6) is 0 Å². The van der Waals surface area contributed by atoms with E-state index in [1.54, 1.807) is 21.7 Å². The van der Waals surface area contributed by atoms with Gasteiger partial charge in [0, 0.05) is 0 Å². The van der Waals surface area contributed by atoms with Gasteiger partial charge in [0.15, 0.2) is 0 Å². The van der Waals surface area contributed by atoms with Crippen molar-refractivity contribution in [1.82, 2.24) is 0 Å². The summed E-state index contributed by atoms with van der Waals surface area (Å²) in [6, 6.07) is 0. The highest BCUT2D eigenvalue weighted by molar-refractivity contribution is 6.13. The van der Waals surface area contributed by atoms with Crippen LogP contribution in [0, 0.1) is 0 Å². The number of rotatable bonds is 7. The van der Waals surface area contributed by atoms with Crippen LogP contribution in [0.25, 0.3) is 0 Å². The van der Waals surface area contributed by atoms with E-state index in [0.29, 0.717) is 0 Å². The molecule has 0 unspecified atom stereocenters. The lowest BCUT2D eigenvalue weighted by molar-refractivity contribution is -0.814. The molecule has 0 rings (SSSR count). The van der Waals surface area contributed by atoms with Crippen LogP contribution in [0.3, 0.4) is 0 Å². The normalized spacial score (nSPS) is 11.9. The van der Waals surface area contributed by atoms with Crippen molar-refractivity contribution in [3.63, 3.8) is 0 Å². The minimum absolute atomic E-state index is 0.558. The van der Waals surface area contributed by atoms with Crippen molar-refractivity contribution in [2.24, 2.45) is 0 Å². The maximum absolute atomic E-state index is 7.50. The van der Waals surface area contributed by atoms with Crippen LogP contribution >= 0.6 is 0 Å². The second-order valence-electron chi connectivity index (χ2n) is 2.61. The molecule has 0 radical (unpaired) electrons. The summed E-state index contributed by atoms with van der Waals surface area (Å²) < 4.78 is 0. The molecule has 0 aliphatic carbocycles. The predicted octanol–water partition coefficient (Wildman–Crippen LogP) is -0.565. The van der Waals surface area contributed by atoms with Crippen molar-refractivity contribution in [2.45, 2.75) is 19.3 Å². The van der Waals surface area contributed by atoms with Gasteiger partial charge in [0.05, 0.1) is 5.50 Å². The van der Waals surface area contributed by atoms with Crippen molar-refractivity contribution >= 4 is 7.85 Å². The van der Waals surface area contributed by atoms with Gasteiger partial charge in [-0.15, -0.1) is 0 Å². The number of hydrogen-bond acceptors (Lipinski definition) is 8. The van der Waals surface area contributed by atoms with Crippen molar-refractivity contribution in [3.8, 4) is 0 Å². The minimum atomic E-state index is -0.558. The monoisotopic (exact) mass is 184 g/mol. The van der Waals surface area contributed by atoms with Gasteiger partial charge in [-0.2, -0.15) is 0 Å². The standard InChI is InChI=1S/C3H9BO8/c1-3(2,4)6-8-10-12-11-9-7-5/h5H,4H2,1-2H3. The summed E-state index contributed by atoms with van der Waals surface area (Å²) in [7, 11) is 1.71. The van der Waals surface area contributed by atoms with E-state index in [0.717, 1.165) is 0 Å². The molecule has 1 N–H and O–H groups in total. The Morgan fingerprint density at radius 2 is 1.50 bits per heavy atom. The van der Waals surface area contributed by atoms with E-state index in [1.807, 2.05) is 0 Å². The van der Waals surface area contributed by atoms with Crippen LogP contribution in [-0.4, -0.2) is 18.6 Å². The topological polar surface area (TPSA) is 84.8 Å². The van der Waals surface area contributed by atoms with Gasteiger partial charge >= 0.3 is 0 Å². The molecule has 0 saturated heterocycles. The third kappa shape index (κ3) is 9.74. The van der Waals surface area contributed by atoms with Crippen LogP contribution in [0.4, 0.5) is 0 Å². The van der Waals surface area contributed by atoms with E-state index in [9.17, 15) is 0 Å². The van der Waals surface area contributed by atoms with Gasteiger partial charge in [-0.3, -0.25) is 0 Å². The van der Waals surface area contributed by atoms with Crippen LogP contribution in [0.1, 0.15) is 13.8 Å². The molecule has 0 aliphatic heterocycles. The zero-order valence-corrected chi connectivity index (χ0v) is 6.80. The van der Waals surface area contributed by atoms with Crippen molar-refractivity contribution < 1.29 is 40.4 Å². The average Bonchev–Trinajstić information content (AvgIpc) is 1.94. The van der Waals surface area contributed by atoms with Crippen molar-refractivity contribution in [1.29, 1.82) is 0 Å². The molecule has 0 amide bonds. The van der Waals surface area contributed by atoms with E-state index in [4.69, 9.17) is 5.26 Å². The average molecular weight is 184 g/mol. The molecular weight excluding hydrogens is 175 g/mol. The zero-order chi connectivity index (χ0) is 9.45. The summed E-state index contributed by atoms with van der Waals surface area (Å²) in [5, 5.41) is 28.6. The SMILES string of the molecule is BC(C)(C)OOOOOOOO. The summed E-state index contributed by atoms with van der Waals surface area (Å²) in [5.41, 5.74) is -0.558. The summed E-state index contributed by atoms with van der Waals surface area (Å²) in [6.45, 7) is 3.43. The Hall–Kier alpha value is -0.255. The fourth-order valence-electron chi connectivity index (χ4n) is 0.162. The lowest BCUT2D eigenvalue weighted by Crippen LogP contribution is -2.24. The van der Waals surface area contributed by atoms with E-state index in [-0.39, 0.29) is 0 Å². The largest absolute Gasteiger partial charge is 0.219 e. The smallest absolute Gasteiger partial charge is 0.147 e. The van der Waals surface area contributed by atoms with E-state index >= 15 is 0 Å². The highest BCUT2D eigenvalue weighted by Crippen LogP contribution is 2.02. The lowest BCUT2D eigenvalue weighted by atomic mass is 9.86. The molecule has 8 nitrogen and oxygen atoms in total. The Balaban J connectivity index is 3.01. The summed E-state index contributed by atoms with van der Waals surface area (Å²) in [4.78, 5) is 4.52. The summed E-state index contributed by atoms with van der Waals surface area (Å²) in [6.07, 6.45) is 0. The quantitative estimate of drug-likeness (QED) is 0.243. The van der Waals surface area contributed by atoms with Gasteiger partial charge in [0.2, 0.25) is 0 Å². The van der Waals surface area contributed by atoms with Crippen molar-refractivity contribution in [2.75, 3.05) is 0 Å². The Kier molecular flexibility index (Phi) is 6.15. The Labute approximate surface area is 68.7 Å². The van der Waals surface area contributed by atoms with Crippen LogP contribution in [0.15, 0.2) is 0 Å².